The summed E-state index contributed by atoms with van der Waals surface area (Å²) in [5, 5.41) is 15.8. The van der Waals surface area contributed by atoms with Crippen LogP contribution in [0.5, 0.6) is 0 Å². The molecule has 1 aliphatic heterocycles. The van der Waals surface area contributed by atoms with Crippen LogP contribution in [0.2, 0.25) is 0 Å². The highest BCUT2D eigenvalue weighted by atomic mass is 32.2. The highest BCUT2D eigenvalue weighted by Crippen LogP contribution is 2.32. The lowest BCUT2D eigenvalue weighted by molar-refractivity contribution is -0.138. The number of carbonyl (C=O) groups is 3. The van der Waals surface area contributed by atoms with Gasteiger partial charge in [-0.1, -0.05) is 61.9 Å². The number of amides is 4. The summed E-state index contributed by atoms with van der Waals surface area (Å²) in [6.45, 7) is 1.81. The van der Waals surface area contributed by atoms with Crippen molar-refractivity contribution < 1.29 is 14.4 Å². The smallest absolute Gasteiger partial charge is 0.318 e. The monoisotopic (exact) mass is 429 g/mol. The van der Waals surface area contributed by atoms with Gasteiger partial charge in [-0.2, -0.15) is 5.01 Å². The van der Waals surface area contributed by atoms with Gasteiger partial charge in [0.2, 0.25) is 11.1 Å². The first-order valence-electron chi connectivity index (χ1n) is 9.97. The highest BCUT2D eigenvalue weighted by molar-refractivity contribution is 7.99. The summed E-state index contributed by atoms with van der Waals surface area (Å²) < 4.78 is 1.76. The number of hydrazine groups is 1. The summed E-state index contributed by atoms with van der Waals surface area (Å²) in [6, 6.07) is 8.62. The first kappa shape index (κ1) is 20.3. The Bertz CT molecular complexity index is 945. The first-order valence-corrected chi connectivity index (χ1v) is 11.0. The number of urea groups is 1. The molecule has 11 heteroatoms. The fourth-order valence-corrected chi connectivity index (χ4v) is 4.72. The van der Waals surface area contributed by atoms with Crippen LogP contribution in [0.25, 0.3) is 0 Å². The van der Waals surface area contributed by atoms with Crippen LogP contribution in [-0.2, 0) is 15.1 Å². The number of nitrogens with one attached hydrogen (secondary N) is 2. The molecule has 1 aromatic carbocycles. The van der Waals surface area contributed by atoms with Crippen molar-refractivity contribution in [3.63, 3.8) is 0 Å². The van der Waals surface area contributed by atoms with Crippen molar-refractivity contribution in [3.8, 4) is 0 Å². The van der Waals surface area contributed by atoms with E-state index < -0.39 is 23.4 Å². The molecule has 0 spiro atoms. The summed E-state index contributed by atoms with van der Waals surface area (Å²) in [7, 11) is 0. The Balaban J connectivity index is 1.41. The summed E-state index contributed by atoms with van der Waals surface area (Å²) in [5.74, 6) is -1.01. The number of tetrazole rings is 1. The van der Waals surface area contributed by atoms with Gasteiger partial charge in [0.15, 0.2) is 0 Å². The molecule has 1 unspecified atom stereocenters. The Labute approximate surface area is 177 Å². The van der Waals surface area contributed by atoms with E-state index in [1.807, 2.05) is 13.0 Å². The van der Waals surface area contributed by atoms with Crippen molar-refractivity contribution in [2.45, 2.75) is 55.8 Å². The minimum absolute atomic E-state index is 0.0192. The minimum atomic E-state index is -1.19. The molecule has 2 N–H and O–H groups in total. The first-order chi connectivity index (χ1) is 14.5. The Kier molecular flexibility index (Phi) is 5.71. The standard InChI is InChI=1S/C19H23N7O3S/c1-2-19(13-8-4-3-5-9-13)16(28)26(17(29)20-19)22-15(27)12-30-18-21-23-24-25(18)14-10-6-7-11-14/h3-5,8-9,14H,2,6-7,10-12H2,1H3,(H,20,29)(H,22,27). The Hall–Kier alpha value is -2.95. The molecule has 1 aromatic heterocycles. The van der Waals surface area contributed by atoms with Crippen LogP contribution in [0.1, 0.15) is 50.6 Å². The number of rotatable bonds is 7. The van der Waals surface area contributed by atoms with Crippen molar-refractivity contribution in [1.29, 1.82) is 0 Å². The molecular formula is C19H23N7O3S. The zero-order valence-corrected chi connectivity index (χ0v) is 17.4. The lowest BCUT2D eigenvalue weighted by Gasteiger charge is -2.25. The molecule has 2 aromatic rings. The third kappa shape index (κ3) is 3.64. The van der Waals surface area contributed by atoms with E-state index in [0.717, 1.165) is 30.7 Å². The van der Waals surface area contributed by atoms with Crippen LogP contribution >= 0.6 is 11.8 Å². The van der Waals surface area contributed by atoms with Crippen molar-refractivity contribution in [3.05, 3.63) is 35.9 Å². The Morgan fingerprint density at radius 3 is 2.70 bits per heavy atom. The van der Waals surface area contributed by atoms with Crippen LogP contribution in [0.3, 0.4) is 0 Å². The average molecular weight is 430 g/mol. The third-order valence-corrected chi connectivity index (χ3v) is 6.52. The molecule has 2 aliphatic rings. The van der Waals surface area contributed by atoms with Crippen molar-refractivity contribution in [2.24, 2.45) is 0 Å². The van der Waals surface area contributed by atoms with Gasteiger partial charge in [0.05, 0.1) is 11.8 Å². The van der Waals surface area contributed by atoms with Gasteiger partial charge >= 0.3 is 6.03 Å². The second-order valence-electron chi connectivity index (χ2n) is 7.36. The lowest BCUT2D eigenvalue weighted by Crippen LogP contribution is -2.49. The maximum Gasteiger partial charge on any atom is 0.344 e. The summed E-state index contributed by atoms with van der Waals surface area (Å²) >= 11 is 1.18. The van der Waals surface area contributed by atoms with Gasteiger partial charge in [-0.15, -0.1) is 5.10 Å². The van der Waals surface area contributed by atoms with Crippen LogP contribution in [0, 0.1) is 0 Å². The second kappa shape index (κ2) is 8.42. The number of hydrogen-bond acceptors (Lipinski definition) is 7. The largest absolute Gasteiger partial charge is 0.344 e. The quantitative estimate of drug-likeness (QED) is 0.508. The average Bonchev–Trinajstić information content (AvgIpc) is 3.49. The zero-order chi connectivity index (χ0) is 21.1. The van der Waals surface area contributed by atoms with E-state index in [1.54, 1.807) is 28.9 Å². The molecule has 1 saturated carbocycles. The maximum absolute atomic E-state index is 13.1. The lowest BCUT2D eigenvalue weighted by atomic mass is 9.87. The molecule has 2 fully saturated rings. The predicted octanol–water partition coefficient (Wildman–Crippen LogP) is 1.77. The van der Waals surface area contributed by atoms with Gasteiger partial charge in [0, 0.05) is 0 Å². The fourth-order valence-electron chi connectivity index (χ4n) is 3.98. The summed E-state index contributed by atoms with van der Waals surface area (Å²) in [6.07, 6.45) is 4.68. The van der Waals surface area contributed by atoms with Crippen LogP contribution in [0.4, 0.5) is 4.79 Å². The van der Waals surface area contributed by atoms with E-state index in [2.05, 4.69) is 26.3 Å². The molecule has 10 nitrogen and oxygen atoms in total. The van der Waals surface area contributed by atoms with Gasteiger partial charge in [-0.25, -0.2) is 9.48 Å². The Morgan fingerprint density at radius 2 is 2.00 bits per heavy atom. The van der Waals surface area contributed by atoms with E-state index in [-0.39, 0.29) is 11.8 Å². The molecule has 1 saturated heterocycles. The number of benzene rings is 1. The molecule has 1 atom stereocenters. The molecule has 4 amide bonds. The van der Waals surface area contributed by atoms with Gasteiger partial charge < -0.3 is 5.32 Å². The molecule has 158 valence electrons. The van der Waals surface area contributed by atoms with E-state index in [9.17, 15) is 14.4 Å². The number of thioether (sulfide) groups is 1. The normalized spacial score (nSPS) is 21.8. The molecule has 30 heavy (non-hydrogen) atoms. The predicted molar refractivity (Wildman–Crippen MR) is 108 cm³/mol. The topological polar surface area (TPSA) is 122 Å². The number of carbonyl (C=O) groups excluding carboxylic acids is 3. The van der Waals surface area contributed by atoms with Crippen LogP contribution in [-0.4, -0.2) is 48.8 Å². The number of imide groups is 1. The second-order valence-corrected chi connectivity index (χ2v) is 8.31. The molecular weight excluding hydrogens is 406 g/mol. The third-order valence-electron chi connectivity index (χ3n) is 5.59. The molecule has 2 heterocycles. The number of nitrogens with zero attached hydrogens (tertiary/aromatic N) is 5. The molecule has 0 bridgehead atoms. The van der Waals surface area contributed by atoms with Gasteiger partial charge in [-0.05, 0) is 35.3 Å². The van der Waals surface area contributed by atoms with E-state index >= 15 is 0 Å². The van der Waals surface area contributed by atoms with Crippen molar-refractivity contribution in [2.75, 3.05) is 5.75 Å². The van der Waals surface area contributed by atoms with Crippen molar-refractivity contribution >= 4 is 29.6 Å². The van der Waals surface area contributed by atoms with E-state index in [1.165, 1.54) is 11.8 Å². The highest BCUT2D eigenvalue weighted by Gasteiger charge is 2.52. The number of aromatic nitrogens is 4. The number of hydrogen-bond donors (Lipinski definition) is 2. The minimum Gasteiger partial charge on any atom is -0.318 e. The van der Waals surface area contributed by atoms with Crippen LogP contribution < -0.4 is 10.7 Å². The Morgan fingerprint density at radius 1 is 1.27 bits per heavy atom. The van der Waals surface area contributed by atoms with Crippen LogP contribution in [0.15, 0.2) is 35.5 Å². The van der Waals surface area contributed by atoms with Gasteiger partial charge in [0.1, 0.15) is 5.54 Å². The summed E-state index contributed by atoms with van der Waals surface area (Å²) in [5.41, 5.74) is 1.91. The van der Waals surface area contributed by atoms with Crippen molar-refractivity contribution in [1.82, 2.24) is 36.0 Å². The SMILES string of the molecule is CCC1(c2ccccc2)NC(=O)N(NC(=O)CSc2nnnn2C2CCCC2)C1=O. The van der Waals surface area contributed by atoms with Gasteiger partial charge in [-0.3, -0.25) is 15.0 Å². The van der Waals surface area contributed by atoms with E-state index in [4.69, 9.17) is 0 Å². The maximum atomic E-state index is 13.1. The molecule has 4 rings (SSSR count). The molecule has 1 aliphatic carbocycles. The molecule has 0 radical (unpaired) electrons. The van der Waals surface area contributed by atoms with E-state index in [0.29, 0.717) is 17.1 Å². The zero-order valence-electron chi connectivity index (χ0n) is 16.6. The van der Waals surface area contributed by atoms with Gasteiger partial charge in [0.25, 0.3) is 5.91 Å². The summed E-state index contributed by atoms with van der Waals surface area (Å²) in [4.78, 5) is 38.0. The fraction of sp³-hybridized carbons (Fsp3) is 0.474.